The monoisotopic (exact) mass is 385 g/mol. The second kappa shape index (κ2) is 36.0. The Morgan fingerprint density at radius 1 is 0.562 bits per heavy atom. The van der Waals surface area contributed by atoms with Crippen molar-refractivity contribution in [3.63, 3.8) is 0 Å². The van der Waals surface area contributed by atoms with Crippen molar-refractivity contribution < 1.29 is 52.6 Å². The summed E-state index contributed by atoms with van der Waals surface area (Å²) in [4.78, 5) is 0. The summed E-state index contributed by atoms with van der Waals surface area (Å²) in [5.41, 5.74) is 0. The number of hydrogen-bond donors (Lipinski definition) is 0. The summed E-state index contributed by atoms with van der Waals surface area (Å²) in [6.45, 7) is 6.32. The van der Waals surface area contributed by atoms with Crippen molar-refractivity contribution in [2.24, 2.45) is 0 Å². The van der Waals surface area contributed by atoms with Gasteiger partial charge in [-0.2, -0.15) is 0 Å². The Bertz CT molecular complexity index is 53.0. The summed E-state index contributed by atoms with van der Waals surface area (Å²) >= 11 is 0. The van der Waals surface area contributed by atoms with E-state index >= 15 is 0 Å². The molecular formula is C12H27ErO3. The number of rotatable bonds is 6. The molecule has 0 saturated heterocycles. The maximum Gasteiger partial charge on any atom is 3.00 e. The molecule has 0 unspecified atom stereocenters. The second-order valence-corrected chi connectivity index (χ2v) is 3.17. The standard InChI is InChI=1S/3C4H9O.Er/c3*1-2-3-4-5;/h3*2-4H2,1H3;/q3*-1;+3. The average Bonchev–Trinajstić information content (AvgIpc) is 2.23. The van der Waals surface area contributed by atoms with Crippen LogP contribution in [0, 0.1) is 37.3 Å². The molecule has 0 saturated carbocycles. The Kier molecular flexibility index (Phi) is 58.1. The van der Waals surface area contributed by atoms with Crippen molar-refractivity contribution in [2.75, 3.05) is 19.8 Å². The molecule has 0 amide bonds. The molecule has 3 nitrogen and oxygen atoms in total. The molecule has 0 atom stereocenters. The Morgan fingerprint density at radius 3 is 0.750 bits per heavy atom. The van der Waals surface area contributed by atoms with E-state index in [0.717, 1.165) is 38.5 Å². The first-order chi connectivity index (χ1) is 7.24. The second-order valence-electron chi connectivity index (χ2n) is 3.17. The molecule has 105 valence electrons. The van der Waals surface area contributed by atoms with Gasteiger partial charge in [-0.05, 0) is 0 Å². The van der Waals surface area contributed by atoms with E-state index in [1.807, 2.05) is 20.8 Å². The van der Waals surface area contributed by atoms with Crippen molar-refractivity contribution in [1.82, 2.24) is 0 Å². The molecule has 0 aromatic heterocycles. The van der Waals surface area contributed by atoms with Crippen LogP contribution in [-0.2, 0) is 0 Å². The summed E-state index contributed by atoms with van der Waals surface area (Å²) in [6.07, 6.45) is 5.59. The van der Waals surface area contributed by atoms with Gasteiger partial charge in [0, 0.05) is 0 Å². The summed E-state index contributed by atoms with van der Waals surface area (Å²) < 4.78 is 0. The predicted molar refractivity (Wildman–Crippen MR) is 59.3 cm³/mol. The smallest absolute Gasteiger partial charge is 0.854 e. The molecule has 16 heavy (non-hydrogen) atoms. The van der Waals surface area contributed by atoms with Crippen LogP contribution < -0.4 is 15.3 Å². The third-order valence-electron chi connectivity index (χ3n) is 1.49. The van der Waals surface area contributed by atoms with Crippen molar-refractivity contribution in [1.29, 1.82) is 0 Å². The Morgan fingerprint density at radius 2 is 0.750 bits per heavy atom. The van der Waals surface area contributed by atoms with E-state index in [0.29, 0.717) is 0 Å². The summed E-state index contributed by atoms with van der Waals surface area (Å²) in [5.74, 6) is 0. The SMILES string of the molecule is CCCC[O-].CCCC[O-].CCCC[O-].[Er+3]. The molecule has 0 rings (SSSR count). The molecular weight excluding hydrogens is 359 g/mol. The largest absolute Gasteiger partial charge is 3.00 e. The van der Waals surface area contributed by atoms with Crippen molar-refractivity contribution in [3.05, 3.63) is 0 Å². The fraction of sp³-hybridized carbons (Fsp3) is 1.00. The van der Waals surface area contributed by atoms with Gasteiger partial charge in [-0.3, -0.25) is 0 Å². The normalized spacial score (nSPS) is 7.88. The van der Waals surface area contributed by atoms with E-state index in [4.69, 9.17) is 0 Å². The molecule has 4 heteroatoms. The minimum absolute atomic E-state index is 0. The van der Waals surface area contributed by atoms with E-state index in [-0.39, 0.29) is 57.1 Å². The van der Waals surface area contributed by atoms with E-state index in [9.17, 15) is 15.3 Å². The van der Waals surface area contributed by atoms with Crippen molar-refractivity contribution in [2.45, 2.75) is 59.3 Å². The van der Waals surface area contributed by atoms with Crippen molar-refractivity contribution in [3.8, 4) is 0 Å². The maximum absolute atomic E-state index is 9.53. The molecule has 0 aliphatic carbocycles. The van der Waals surface area contributed by atoms with Gasteiger partial charge in [0.25, 0.3) is 0 Å². The van der Waals surface area contributed by atoms with E-state index < -0.39 is 0 Å². The molecule has 0 bridgehead atoms. The molecule has 1 radical (unpaired) electrons. The molecule has 0 aromatic carbocycles. The van der Waals surface area contributed by atoms with Gasteiger partial charge in [-0.25, -0.2) is 0 Å². The van der Waals surface area contributed by atoms with Gasteiger partial charge in [-0.15, -0.1) is 19.8 Å². The van der Waals surface area contributed by atoms with Gasteiger partial charge >= 0.3 is 37.3 Å². The Balaban J connectivity index is -0.0000000655. The van der Waals surface area contributed by atoms with E-state index in [1.165, 1.54) is 0 Å². The molecule has 0 aromatic rings. The van der Waals surface area contributed by atoms with E-state index in [1.54, 1.807) is 0 Å². The minimum atomic E-state index is 0. The van der Waals surface area contributed by atoms with Crippen LogP contribution in [0.2, 0.25) is 0 Å². The van der Waals surface area contributed by atoms with Gasteiger partial charge in [0.1, 0.15) is 0 Å². The predicted octanol–water partition coefficient (Wildman–Crippen LogP) is 0.440. The van der Waals surface area contributed by atoms with Crippen LogP contribution >= 0.6 is 0 Å². The molecule has 0 fully saturated rings. The maximum atomic E-state index is 9.53. The topological polar surface area (TPSA) is 69.2 Å². The zero-order valence-corrected chi connectivity index (χ0v) is 12.7. The quantitative estimate of drug-likeness (QED) is 0.665. The molecule has 0 aliphatic heterocycles. The fourth-order valence-corrected chi connectivity index (χ4v) is 0.433. The van der Waals surface area contributed by atoms with Gasteiger partial charge < -0.3 is 15.3 Å². The van der Waals surface area contributed by atoms with Crippen LogP contribution in [0.4, 0.5) is 0 Å². The first kappa shape index (κ1) is 25.8. The fourth-order valence-electron chi connectivity index (χ4n) is 0.433. The van der Waals surface area contributed by atoms with Crippen LogP contribution in [0.15, 0.2) is 0 Å². The molecule has 0 aliphatic rings. The molecule has 0 spiro atoms. The average molecular weight is 387 g/mol. The van der Waals surface area contributed by atoms with E-state index in [2.05, 4.69) is 0 Å². The zero-order chi connectivity index (χ0) is 12.4. The number of hydrogen-bond acceptors (Lipinski definition) is 3. The van der Waals surface area contributed by atoms with Gasteiger partial charge in [0.15, 0.2) is 0 Å². The van der Waals surface area contributed by atoms with Gasteiger partial charge in [0.2, 0.25) is 0 Å². The first-order valence-corrected chi connectivity index (χ1v) is 5.99. The van der Waals surface area contributed by atoms with Crippen LogP contribution in [-0.4, -0.2) is 19.8 Å². The summed E-state index contributed by atoms with van der Waals surface area (Å²) in [5, 5.41) is 28.6. The van der Waals surface area contributed by atoms with Crippen molar-refractivity contribution >= 4 is 0 Å². The van der Waals surface area contributed by atoms with Gasteiger partial charge in [-0.1, -0.05) is 59.3 Å². The van der Waals surface area contributed by atoms with Crippen LogP contribution in [0.5, 0.6) is 0 Å². The first-order valence-electron chi connectivity index (χ1n) is 5.99. The summed E-state index contributed by atoms with van der Waals surface area (Å²) in [7, 11) is 0. The third-order valence-corrected chi connectivity index (χ3v) is 1.49. The van der Waals surface area contributed by atoms with Crippen LogP contribution in [0.25, 0.3) is 0 Å². The third kappa shape index (κ3) is 59.4. The number of unbranched alkanes of at least 4 members (excludes halogenated alkanes) is 3. The van der Waals surface area contributed by atoms with Crippen LogP contribution in [0.3, 0.4) is 0 Å². The molecule has 0 heterocycles. The Hall–Kier alpha value is 1.13. The van der Waals surface area contributed by atoms with Gasteiger partial charge in [0.05, 0.1) is 0 Å². The summed E-state index contributed by atoms with van der Waals surface area (Å²) in [6, 6.07) is 0. The Labute approximate surface area is 131 Å². The van der Waals surface area contributed by atoms with Crippen LogP contribution in [0.1, 0.15) is 59.3 Å². The zero-order valence-electron chi connectivity index (χ0n) is 10.9. The molecule has 0 N–H and O–H groups in total. The minimum Gasteiger partial charge on any atom is -0.854 e.